The van der Waals surface area contributed by atoms with Crippen LogP contribution in [0.3, 0.4) is 0 Å². The minimum atomic E-state index is -0.742. The summed E-state index contributed by atoms with van der Waals surface area (Å²) >= 11 is 0. The van der Waals surface area contributed by atoms with Crippen molar-refractivity contribution < 1.29 is 23.7 Å². The van der Waals surface area contributed by atoms with Gasteiger partial charge >= 0.3 is 6.09 Å². The number of benzene rings is 1. The molecular weight excluding hydrogens is 360 g/mol. The average molecular weight is 395 g/mol. The number of rotatable bonds is 9. The van der Waals surface area contributed by atoms with Crippen molar-refractivity contribution in [2.75, 3.05) is 14.2 Å². The van der Waals surface area contributed by atoms with E-state index in [1.807, 2.05) is 26.0 Å². The molecule has 1 aromatic rings. The van der Waals surface area contributed by atoms with Crippen molar-refractivity contribution in [2.24, 2.45) is 0 Å². The number of carbonyl (C=O) groups is 1. The fourth-order valence-electron chi connectivity index (χ4n) is 2.79. The lowest BCUT2D eigenvalue weighted by molar-refractivity contribution is -0.472. The van der Waals surface area contributed by atoms with Crippen LogP contribution in [0.25, 0.3) is 0 Å². The maximum atomic E-state index is 12.6. The molecule has 2 atom stereocenters. The molecule has 0 saturated heterocycles. The standard InChI is InChI=1S/C21H34N2O5/c1-8-13-21(5,27-7)18(22-19(24)28-20(2,3)4)15-23(25)14-16-9-11-17(26-6)12-10-16/h9-12,15,18H,8,13-14H2,1-7H3,(H,22,24)/b23-15-/t18-,21+/m1/s1. The van der Waals surface area contributed by atoms with E-state index < -0.39 is 23.3 Å². The van der Waals surface area contributed by atoms with Gasteiger partial charge in [-0.1, -0.05) is 13.3 Å². The summed E-state index contributed by atoms with van der Waals surface area (Å²) in [5.74, 6) is 0.726. The Morgan fingerprint density at radius 3 is 2.29 bits per heavy atom. The number of carbonyl (C=O) groups excluding carboxylic acids is 1. The number of hydrogen-bond donors (Lipinski definition) is 1. The monoisotopic (exact) mass is 394 g/mol. The summed E-state index contributed by atoms with van der Waals surface area (Å²) in [7, 11) is 3.17. The molecule has 0 heterocycles. The van der Waals surface area contributed by atoms with Gasteiger partial charge in [0.15, 0.2) is 12.8 Å². The van der Waals surface area contributed by atoms with Crippen molar-refractivity contribution in [3.63, 3.8) is 0 Å². The lowest BCUT2D eigenvalue weighted by Gasteiger charge is -2.34. The number of alkyl carbamates (subject to hydrolysis) is 1. The highest BCUT2D eigenvalue weighted by Gasteiger charge is 2.37. The summed E-state index contributed by atoms with van der Waals surface area (Å²) in [5.41, 5.74) is -0.546. The lowest BCUT2D eigenvalue weighted by Crippen LogP contribution is -2.55. The van der Waals surface area contributed by atoms with E-state index in [1.54, 1.807) is 47.1 Å². The molecule has 158 valence electrons. The normalized spacial score (nSPS) is 15.5. The molecule has 0 bridgehead atoms. The first-order chi connectivity index (χ1) is 13.0. The van der Waals surface area contributed by atoms with E-state index in [1.165, 1.54) is 6.21 Å². The zero-order valence-corrected chi connectivity index (χ0v) is 18.1. The van der Waals surface area contributed by atoms with Crippen LogP contribution in [0, 0.1) is 5.21 Å². The highest BCUT2D eigenvalue weighted by Crippen LogP contribution is 2.21. The maximum Gasteiger partial charge on any atom is 0.408 e. The first-order valence-corrected chi connectivity index (χ1v) is 9.49. The Morgan fingerprint density at radius 2 is 1.82 bits per heavy atom. The molecule has 7 heteroatoms. The molecule has 1 N–H and O–H groups in total. The van der Waals surface area contributed by atoms with Crippen LogP contribution < -0.4 is 10.1 Å². The van der Waals surface area contributed by atoms with E-state index >= 15 is 0 Å². The van der Waals surface area contributed by atoms with Crippen molar-refractivity contribution >= 4 is 12.3 Å². The topological polar surface area (TPSA) is 82.9 Å². The molecule has 0 fully saturated rings. The predicted octanol–water partition coefficient (Wildman–Crippen LogP) is 3.87. The Hall–Kier alpha value is -2.28. The van der Waals surface area contributed by atoms with Gasteiger partial charge in [0, 0.05) is 12.7 Å². The molecule has 1 amide bonds. The third-order valence-electron chi connectivity index (χ3n) is 4.36. The second kappa shape index (κ2) is 10.3. The molecule has 1 aromatic carbocycles. The molecule has 0 aliphatic carbocycles. The number of ether oxygens (including phenoxy) is 3. The average Bonchev–Trinajstić information content (AvgIpc) is 2.60. The van der Waals surface area contributed by atoms with E-state index in [0.29, 0.717) is 6.42 Å². The SMILES string of the molecule is CCC[C@](C)(OC)[C@@H](/C=[N+](\[O-])Cc1ccc(OC)cc1)NC(=O)OC(C)(C)C. The highest BCUT2D eigenvalue weighted by molar-refractivity contribution is 5.74. The molecule has 0 aliphatic heterocycles. The first-order valence-electron chi connectivity index (χ1n) is 9.49. The number of nitrogens with one attached hydrogen (secondary N) is 1. The highest BCUT2D eigenvalue weighted by atomic mass is 16.6. The molecule has 0 radical (unpaired) electrons. The number of methoxy groups -OCH3 is 2. The number of hydroxylamine groups is 1. The summed E-state index contributed by atoms with van der Waals surface area (Å²) < 4.78 is 17.0. The van der Waals surface area contributed by atoms with E-state index in [9.17, 15) is 10.0 Å². The van der Waals surface area contributed by atoms with Crippen LogP contribution in [0.2, 0.25) is 0 Å². The molecule has 0 saturated carbocycles. The predicted molar refractivity (Wildman–Crippen MR) is 110 cm³/mol. The van der Waals surface area contributed by atoms with Crippen molar-refractivity contribution in [3.8, 4) is 5.75 Å². The fraction of sp³-hybridized carbons (Fsp3) is 0.619. The van der Waals surface area contributed by atoms with Crippen LogP contribution in [-0.4, -0.2) is 48.5 Å². The van der Waals surface area contributed by atoms with Crippen molar-refractivity contribution in [1.29, 1.82) is 0 Å². The molecule has 0 spiro atoms. The molecule has 28 heavy (non-hydrogen) atoms. The van der Waals surface area contributed by atoms with E-state index in [-0.39, 0.29) is 6.54 Å². The van der Waals surface area contributed by atoms with Gasteiger partial charge in [-0.3, -0.25) is 0 Å². The van der Waals surface area contributed by atoms with E-state index in [0.717, 1.165) is 22.5 Å². The van der Waals surface area contributed by atoms with Gasteiger partial charge in [-0.05, 0) is 58.4 Å². The maximum absolute atomic E-state index is 12.6. The fourth-order valence-corrected chi connectivity index (χ4v) is 2.79. The Bertz CT molecular complexity index is 652. The van der Waals surface area contributed by atoms with Crippen LogP contribution in [0.4, 0.5) is 4.79 Å². The number of amides is 1. The Morgan fingerprint density at radius 1 is 1.21 bits per heavy atom. The van der Waals surface area contributed by atoms with Crippen LogP contribution in [-0.2, 0) is 16.0 Å². The summed E-state index contributed by atoms with van der Waals surface area (Å²) in [5, 5.41) is 15.4. The van der Waals surface area contributed by atoms with Gasteiger partial charge in [0.1, 0.15) is 17.4 Å². The smallest absolute Gasteiger partial charge is 0.408 e. The molecule has 0 aliphatic rings. The molecule has 0 unspecified atom stereocenters. The summed E-state index contributed by atoms with van der Waals surface area (Å²) in [4.78, 5) is 12.3. The summed E-state index contributed by atoms with van der Waals surface area (Å²) in [6, 6.07) is 6.61. The third-order valence-corrected chi connectivity index (χ3v) is 4.36. The zero-order chi connectivity index (χ0) is 21.4. The van der Waals surface area contributed by atoms with Crippen LogP contribution in [0.15, 0.2) is 24.3 Å². The van der Waals surface area contributed by atoms with Crippen LogP contribution in [0.5, 0.6) is 5.75 Å². The van der Waals surface area contributed by atoms with Gasteiger partial charge in [-0.15, -0.1) is 0 Å². The minimum absolute atomic E-state index is 0.141. The van der Waals surface area contributed by atoms with Crippen molar-refractivity contribution in [2.45, 2.75) is 71.2 Å². The van der Waals surface area contributed by atoms with Crippen LogP contribution in [0.1, 0.15) is 53.0 Å². The lowest BCUT2D eigenvalue weighted by atomic mass is 9.91. The van der Waals surface area contributed by atoms with Gasteiger partial charge in [0.25, 0.3) is 0 Å². The van der Waals surface area contributed by atoms with E-state index in [2.05, 4.69) is 5.32 Å². The van der Waals surface area contributed by atoms with Crippen molar-refractivity contribution in [3.05, 3.63) is 35.0 Å². The third kappa shape index (κ3) is 7.76. The van der Waals surface area contributed by atoms with Crippen molar-refractivity contribution in [1.82, 2.24) is 5.32 Å². The Kier molecular flexibility index (Phi) is 8.75. The van der Waals surface area contributed by atoms with Gasteiger partial charge in [-0.25, -0.2) is 9.53 Å². The molecular formula is C21H34N2O5. The molecule has 1 rings (SSSR count). The second-order valence-electron chi connectivity index (χ2n) is 7.96. The van der Waals surface area contributed by atoms with Gasteiger partial charge in [0.2, 0.25) is 0 Å². The van der Waals surface area contributed by atoms with Gasteiger partial charge in [-0.2, -0.15) is 0 Å². The number of nitrogens with zero attached hydrogens (tertiary/aromatic N) is 1. The minimum Gasteiger partial charge on any atom is -0.624 e. The van der Waals surface area contributed by atoms with Gasteiger partial charge in [0.05, 0.1) is 12.7 Å². The second-order valence-corrected chi connectivity index (χ2v) is 7.96. The zero-order valence-electron chi connectivity index (χ0n) is 18.1. The van der Waals surface area contributed by atoms with Crippen LogP contribution >= 0.6 is 0 Å². The molecule has 0 aromatic heterocycles. The van der Waals surface area contributed by atoms with Gasteiger partial charge < -0.3 is 24.7 Å². The van der Waals surface area contributed by atoms with E-state index in [4.69, 9.17) is 14.2 Å². The Balaban J connectivity index is 3.04. The Labute approximate surface area is 168 Å². The quantitative estimate of drug-likeness (QED) is 0.297. The largest absolute Gasteiger partial charge is 0.624 e. The molecule has 7 nitrogen and oxygen atoms in total. The first kappa shape index (κ1) is 23.8. The summed E-state index contributed by atoms with van der Waals surface area (Å²) in [6.07, 6.45) is 2.34. The summed E-state index contributed by atoms with van der Waals surface area (Å²) in [6.45, 7) is 9.40. The number of hydrogen-bond acceptors (Lipinski definition) is 5.